The van der Waals surface area contributed by atoms with Crippen LogP contribution in [0.3, 0.4) is 0 Å². The van der Waals surface area contributed by atoms with Gasteiger partial charge in [-0.3, -0.25) is 4.79 Å². The molecule has 17 heavy (non-hydrogen) atoms. The van der Waals surface area contributed by atoms with Gasteiger partial charge in [-0.05, 0) is 12.5 Å². The summed E-state index contributed by atoms with van der Waals surface area (Å²) < 4.78 is 4.95. The van der Waals surface area contributed by atoms with Crippen molar-refractivity contribution in [1.29, 1.82) is 5.26 Å². The van der Waals surface area contributed by atoms with E-state index in [0.717, 1.165) is 5.56 Å². The van der Waals surface area contributed by atoms with E-state index in [9.17, 15) is 4.79 Å². The molecule has 0 spiro atoms. The second-order valence-corrected chi connectivity index (χ2v) is 4.29. The number of nitrogens with zero attached hydrogens (tertiary/aromatic N) is 1. The Morgan fingerprint density at radius 1 is 1.47 bits per heavy atom. The van der Waals surface area contributed by atoms with Gasteiger partial charge in [0.25, 0.3) is 0 Å². The van der Waals surface area contributed by atoms with Gasteiger partial charge in [-0.15, -0.1) is 0 Å². The first-order chi connectivity index (χ1) is 8.18. The normalized spacial score (nSPS) is 18.6. The topological polar surface area (TPSA) is 62.1 Å². The number of nitrogens with one attached hydrogen (secondary N) is 1. The average Bonchev–Trinajstić information content (AvgIpc) is 2.29. The smallest absolute Gasteiger partial charge is 0.245 e. The zero-order chi connectivity index (χ0) is 12.3. The summed E-state index contributed by atoms with van der Waals surface area (Å²) in [6.45, 7) is 2.28. The number of amides is 1. The summed E-state index contributed by atoms with van der Waals surface area (Å²) in [6, 6.07) is 11.6. The van der Waals surface area contributed by atoms with Gasteiger partial charge < -0.3 is 10.1 Å². The van der Waals surface area contributed by atoms with Gasteiger partial charge in [0.15, 0.2) is 5.41 Å². The van der Waals surface area contributed by atoms with Crippen LogP contribution < -0.4 is 5.32 Å². The molecule has 0 saturated carbocycles. The van der Waals surface area contributed by atoms with E-state index in [-0.39, 0.29) is 25.2 Å². The monoisotopic (exact) mass is 230 g/mol. The molecule has 2 rings (SSSR count). The summed E-state index contributed by atoms with van der Waals surface area (Å²) in [7, 11) is 0. The number of hydrogen-bond donors (Lipinski definition) is 1. The maximum atomic E-state index is 11.9. The van der Waals surface area contributed by atoms with Crippen molar-refractivity contribution in [2.24, 2.45) is 5.41 Å². The minimum absolute atomic E-state index is 0.102. The largest absolute Gasteiger partial charge is 0.377 e. The van der Waals surface area contributed by atoms with Crippen LogP contribution in [0.25, 0.3) is 0 Å². The molecule has 4 heteroatoms. The molecule has 1 aromatic rings. The Labute approximate surface area is 100 Å². The molecule has 1 N–H and O–H groups in total. The van der Waals surface area contributed by atoms with Crippen molar-refractivity contribution < 1.29 is 9.53 Å². The number of nitriles is 1. The van der Waals surface area contributed by atoms with Crippen LogP contribution in [0, 0.1) is 16.7 Å². The van der Waals surface area contributed by atoms with Gasteiger partial charge in [-0.1, -0.05) is 30.3 Å². The number of carbonyl (C=O) groups is 1. The van der Waals surface area contributed by atoms with Crippen molar-refractivity contribution in [3.63, 3.8) is 0 Å². The zero-order valence-corrected chi connectivity index (χ0v) is 9.64. The highest BCUT2D eigenvalue weighted by atomic mass is 16.5. The minimum Gasteiger partial charge on any atom is -0.377 e. The van der Waals surface area contributed by atoms with Crippen LogP contribution in [0.1, 0.15) is 18.5 Å². The van der Waals surface area contributed by atoms with Crippen LogP contribution in [-0.4, -0.2) is 19.1 Å². The Morgan fingerprint density at radius 2 is 2.12 bits per heavy atom. The van der Waals surface area contributed by atoms with Crippen molar-refractivity contribution in [2.75, 3.05) is 13.2 Å². The third-order valence-corrected chi connectivity index (χ3v) is 2.99. The fourth-order valence-electron chi connectivity index (χ4n) is 1.71. The highest BCUT2D eigenvalue weighted by Gasteiger charge is 2.46. The van der Waals surface area contributed by atoms with Crippen molar-refractivity contribution in [3.8, 4) is 6.07 Å². The van der Waals surface area contributed by atoms with Gasteiger partial charge >= 0.3 is 0 Å². The second-order valence-electron chi connectivity index (χ2n) is 4.29. The highest BCUT2D eigenvalue weighted by molar-refractivity contribution is 5.86. The van der Waals surface area contributed by atoms with E-state index in [1.165, 1.54) is 0 Å². The fraction of sp³-hybridized carbons (Fsp3) is 0.385. The Morgan fingerprint density at radius 3 is 2.59 bits per heavy atom. The summed E-state index contributed by atoms with van der Waals surface area (Å²) >= 11 is 0. The van der Waals surface area contributed by atoms with Crippen molar-refractivity contribution in [2.45, 2.75) is 13.0 Å². The first kappa shape index (κ1) is 11.6. The zero-order valence-electron chi connectivity index (χ0n) is 9.64. The lowest BCUT2D eigenvalue weighted by Gasteiger charge is -2.34. The molecule has 1 aliphatic rings. The van der Waals surface area contributed by atoms with Crippen molar-refractivity contribution >= 4 is 5.91 Å². The third kappa shape index (κ3) is 2.15. The molecule has 1 aliphatic heterocycles. The Bertz CT molecular complexity index is 446. The number of benzene rings is 1. The molecule has 1 heterocycles. The minimum atomic E-state index is -0.983. The Balaban J connectivity index is 2.03. The Hall–Kier alpha value is -1.86. The van der Waals surface area contributed by atoms with E-state index in [4.69, 9.17) is 10.00 Å². The van der Waals surface area contributed by atoms with Gasteiger partial charge in [0, 0.05) is 0 Å². The SMILES string of the molecule is CC(NC(=O)C1(C#N)COC1)c1ccccc1. The molecular formula is C13H14N2O2. The lowest BCUT2D eigenvalue weighted by molar-refractivity contribution is -0.150. The highest BCUT2D eigenvalue weighted by Crippen LogP contribution is 2.27. The lowest BCUT2D eigenvalue weighted by Crippen LogP contribution is -2.53. The molecule has 0 aromatic heterocycles. The second kappa shape index (κ2) is 4.56. The van der Waals surface area contributed by atoms with Crippen molar-refractivity contribution in [1.82, 2.24) is 5.32 Å². The van der Waals surface area contributed by atoms with Gasteiger partial charge in [0.05, 0.1) is 25.3 Å². The van der Waals surface area contributed by atoms with E-state index in [2.05, 4.69) is 5.32 Å². The standard InChI is InChI=1S/C13H14N2O2/c1-10(11-5-3-2-4-6-11)15-12(16)13(7-14)8-17-9-13/h2-6,10H,8-9H2,1H3,(H,15,16). The number of carbonyl (C=O) groups excluding carboxylic acids is 1. The predicted molar refractivity (Wildman–Crippen MR) is 61.9 cm³/mol. The number of ether oxygens (including phenoxy) is 1. The van der Waals surface area contributed by atoms with Crippen LogP contribution in [0.2, 0.25) is 0 Å². The fourth-order valence-corrected chi connectivity index (χ4v) is 1.71. The van der Waals surface area contributed by atoms with E-state index >= 15 is 0 Å². The first-order valence-corrected chi connectivity index (χ1v) is 5.53. The quantitative estimate of drug-likeness (QED) is 0.853. The van der Waals surface area contributed by atoms with Gasteiger partial charge in [0.1, 0.15) is 0 Å². The molecule has 0 radical (unpaired) electrons. The Kier molecular flexibility index (Phi) is 3.12. The molecule has 0 bridgehead atoms. The summed E-state index contributed by atoms with van der Waals surface area (Å²) in [6.07, 6.45) is 0. The summed E-state index contributed by atoms with van der Waals surface area (Å²) in [5.41, 5.74) is 0.0393. The van der Waals surface area contributed by atoms with E-state index < -0.39 is 5.41 Å². The van der Waals surface area contributed by atoms with Crippen molar-refractivity contribution in [3.05, 3.63) is 35.9 Å². The summed E-state index contributed by atoms with van der Waals surface area (Å²) in [5, 5.41) is 11.8. The average molecular weight is 230 g/mol. The number of rotatable bonds is 3. The van der Waals surface area contributed by atoms with Crippen LogP contribution in [0.4, 0.5) is 0 Å². The summed E-state index contributed by atoms with van der Waals surface area (Å²) in [4.78, 5) is 11.9. The molecule has 88 valence electrons. The van der Waals surface area contributed by atoms with Gasteiger partial charge in [-0.25, -0.2) is 0 Å². The molecule has 1 aromatic carbocycles. The first-order valence-electron chi connectivity index (χ1n) is 5.53. The third-order valence-electron chi connectivity index (χ3n) is 2.99. The molecule has 1 amide bonds. The van der Waals surface area contributed by atoms with Crippen LogP contribution >= 0.6 is 0 Å². The molecule has 0 aliphatic carbocycles. The molecule has 1 atom stereocenters. The summed E-state index contributed by atoms with van der Waals surface area (Å²) in [5.74, 6) is -0.248. The van der Waals surface area contributed by atoms with Crippen LogP contribution in [0.5, 0.6) is 0 Å². The van der Waals surface area contributed by atoms with E-state index in [1.54, 1.807) is 0 Å². The molecule has 1 unspecified atom stereocenters. The van der Waals surface area contributed by atoms with Crippen LogP contribution in [-0.2, 0) is 9.53 Å². The molecular weight excluding hydrogens is 216 g/mol. The molecule has 1 saturated heterocycles. The van der Waals surface area contributed by atoms with Crippen LogP contribution in [0.15, 0.2) is 30.3 Å². The molecule has 1 fully saturated rings. The van der Waals surface area contributed by atoms with Gasteiger partial charge in [0.2, 0.25) is 5.91 Å². The maximum absolute atomic E-state index is 11.9. The van der Waals surface area contributed by atoms with E-state index in [1.807, 2.05) is 43.3 Å². The lowest BCUT2D eigenvalue weighted by atomic mass is 9.86. The van der Waals surface area contributed by atoms with E-state index in [0.29, 0.717) is 0 Å². The molecule has 4 nitrogen and oxygen atoms in total. The number of hydrogen-bond acceptors (Lipinski definition) is 3. The maximum Gasteiger partial charge on any atom is 0.245 e. The van der Waals surface area contributed by atoms with Gasteiger partial charge in [-0.2, -0.15) is 5.26 Å². The predicted octanol–water partition coefficient (Wildman–Crippen LogP) is 1.40.